The van der Waals surface area contributed by atoms with E-state index in [0.717, 1.165) is 38.6 Å². The van der Waals surface area contributed by atoms with E-state index in [1.165, 1.54) is 68.4 Å². The molecular weight excluding hydrogens is 851 g/mol. The number of ether oxygens (including phenoxy) is 1. The smallest absolute Gasteiger partial charge is 0.116 e. The molecule has 70 heavy (non-hydrogen) atoms. The molecule has 1 spiro atoms. The maximum atomic E-state index is 8.12. The van der Waals surface area contributed by atoms with Gasteiger partial charge in [-0.3, -0.25) is 0 Å². The fourth-order valence-corrected chi connectivity index (χ4v) is 17.8. The Morgan fingerprint density at radius 2 is 1.60 bits per heavy atom. The Hall–Kier alpha value is -5.22. The Morgan fingerprint density at radius 1 is 0.814 bits per heavy atom. The van der Waals surface area contributed by atoms with Gasteiger partial charge in [-0.1, -0.05) is 159 Å². The zero-order valence-electron chi connectivity index (χ0n) is 43.9. The molecule has 3 aromatic rings. The van der Waals surface area contributed by atoms with Gasteiger partial charge in [0, 0.05) is 58.1 Å². The van der Waals surface area contributed by atoms with Crippen LogP contribution < -0.4 is 4.90 Å². The minimum Gasteiger partial charge on any atom is -0.465 e. The molecule has 14 rings (SSSR count). The van der Waals surface area contributed by atoms with E-state index in [1.54, 1.807) is 16.8 Å². The summed E-state index contributed by atoms with van der Waals surface area (Å²) in [5, 5.41) is 0. The molecule has 5 aliphatic carbocycles. The first-order valence-corrected chi connectivity index (χ1v) is 27.4. The molecule has 360 valence electrons. The van der Waals surface area contributed by atoms with Crippen molar-refractivity contribution in [2.75, 3.05) is 11.4 Å². The second kappa shape index (κ2) is 14.0. The summed E-state index contributed by atoms with van der Waals surface area (Å²) in [5.74, 6) is 5.89. The number of para-hydroxylation sites is 1. The molecule has 3 aromatic carbocycles. The average Bonchev–Trinajstić information content (AvgIpc) is 3.56. The minimum atomic E-state index is -0.326. The fraction of sp³-hybridized carbons (Fsp3) is 0.485. The first-order valence-electron chi connectivity index (χ1n) is 27.4. The Bertz CT molecular complexity index is 3070. The van der Waals surface area contributed by atoms with Crippen LogP contribution in [0.15, 0.2) is 167 Å². The van der Waals surface area contributed by atoms with Crippen LogP contribution >= 0.6 is 0 Å². The van der Waals surface area contributed by atoms with Gasteiger partial charge in [0.15, 0.2) is 0 Å². The summed E-state index contributed by atoms with van der Waals surface area (Å²) in [5.41, 5.74) is 15.4. The van der Waals surface area contributed by atoms with Gasteiger partial charge in [-0.05, 0) is 145 Å². The third kappa shape index (κ3) is 5.24. The molecule has 4 heteroatoms. The number of piperidine rings is 1. The third-order valence-corrected chi connectivity index (χ3v) is 21.4. The summed E-state index contributed by atoms with van der Waals surface area (Å²) < 4.78 is 8.12. The Balaban J connectivity index is 1.06. The summed E-state index contributed by atoms with van der Waals surface area (Å²) in [6.45, 7) is 28.5. The molecule has 4 fully saturated rings. The SMILES string of the molecule is Cc1ccc(C(C)(C)C)cc1C1(C)c2ccccc2N2C1C1C3C4(C)C(=C(C(C)(C)c5ccccc5)C=CC24)OC2=CC=C4C5=C(CCC5C)N5C6=CC(C(C)(C)C7=CCCC=C7)CCN6C13CC2C45. The molecule has 4 nitrogen and oxygen atoms in total. The maximum absolute atomic E-state index is 8.12. The molecule has 0 radical (unpaired) electrons. The van der Waals surface area contributed by atoms with Gasteiger partial charge in [-0.2, -0.15) is 0 Å². The number of allylic oxidation sites excluding steroid dienone is 10. The largest absolute Gasteiger partial charge is 0.465 e. The summed E-state index contributed by atoms with van der Waals surface area (Å²) in [6.07, 6.45) is 27.5. The predicted molar refractivity (Wildman–Crippen MR) is 286 cm³/mol. The van der Waals surface area contributed by atoms with Crippen LogP contribution in [0, 0.1) is 47.3 Å². The lowest BCUT2D eigenvalue weighted by Crippen LogP contribution is -2.61. The standard InChI is InChI=1S/C66H75N3O/c1-39-26-28-43(61(3,4)5)36-49(39)64(10)47-24-18-19-25-50(47)68-53-33-30-48(63(8,9)42-22-16-13-17-23-42)60-65(53,11)58-56(59(64)68)66(58)38-46-52(70-60)32-29-45-55-40(2)27-31-51(55)69(57(45)46)54-37-44(34-35-67(54)66)62(6,7)41-20-14-12-15-21-41/h13-14,16-26,28-30,32-33,36-37,40,44,46,53,56-59H,12,15,27,31,34-35,38H2,1-11H3. The van der Waals surface area contributed by atoms with Crippen molar-refractivity contribution in [1.82, 2.24) is 9.80 Å². The van der Waals surface area contributed by atoms with Crippen molar-refractivity contribution < 1.29 is 4.74 Å². The maximum Gasteiger partial charge on any atom is 0.116 e. The van der Waals surface area contributed by atoms with Gasteiger partial charge in [0.05, 0.1) is 23.0 Å². The first-order chi connectivity index (χ1) is 33.4. The van der Waals surface area contributed by atoms with Crippen LogP contribution in [0.3, 0.4) is 0 Å². The van der Waals surface area contributed by atoms with Gasteiger partial charge in [-0.25, -0.2) is 0 Å². The molecule has 6 heterocycles. The van der Waals surface area contributed by atoms with Crippen molar-refractivity contribution in [3.05, 3.63) is 195 Å². The van der Waals surface area contributed by atoms with Crippen molar-refractivity contribution in [3.8, 4) is 0 Å². The van der Waals surface area contributed by atoms with Crippen LogP contribution in [0.4, 0.5) is 5.69 Å². The number of nitrogens with zero attached hydrogens (tertiary/aromatic N) is 3. The van der Waals surface area contributed by atoms with Crippen LogP contribution in [0.2, 0.25) is 0 Å². The summed E-state index contributed by atoms with van der Waals surface area (Å²) in [4.78, 5) is 9.12. The number of anilines is 1. The lowest BCUT2D eigenvalue weighted by Gasteiger charge is -2.55. The predicted octanol–water partition coefficient (Wildman–Crippen LogP) is 14.7. The monoisotopic (exact) mass is 926 g/mol. The Labute approximate surface area is 419 Å². The van der Waals surface area contributed by atoms with Crippen molar-refractivity contribution in [1.29, 1.82) is 0 Å². The van der Waals surface area contributed by atoms with E-state index in [2.05, 4.69) is 212 Å². The van der Waals surface area contributed by atoms with E-state index in [9.17, 15) is 0 Å². The van der Waals surface area contributed by atoms with E-state index in [0.29, 0.717) is 23.7 Å². The molecule has 0 amide bonds. The normalized spacial score (nSPS) is 36.1. The highest BCUT2D eigenvalue weighted by molar-refractivity contribution is 5.74. The van der Waals surface area contributed by atoms with Crippen LogP contribution in [-0.2, 0) is 21.0 Å². The Morgan fingerprint density at radius 3 is 2.37 bits per heavy atom. The summed E-state index contributed by atoms with van der Waals surface area (Å²) in [6, 6.07) is 29.0. The molecule has 11 aliphatic rings. The van der Waals surface area contributed by atoms with E-state index >= 15 is 0 Å². The highest BCUT2D eigenvalue weighted by Crippen LogP contribution is 2.81. The second-order valence-electron chi connectivity index (χ2n) is 26.3. The van der Waals surface area contributed by atoms with Crippen LogP contribution in [-0.4, -0.2) is 40.0 Å². The van der Waals surface area contributed by atoms with E-state index in [4.69, 9.17) is 4.74 Å². The number of rotatable bonds is 5. The number of benzene rings is 3. The zero-order chi connectivity index (χ0) is 48.2. The highest BCUT2D eigenvalue weighted by atomic mass is 16.5. The number of fused-ring (bicyclic) bond motifs is 9. The van der Waals surface area contributed by atoms with Gasteiger partial charge < -0.3 is 19.4 Å². The third-order valence-electron chi connectivity index (χ3n) is 21.4. The average molecular weight is 926 g/mol. The molecule has 2 bridgehead atoms. The van der Waals surface area contributed by atoms with Crippen molar-refractivity contribution in [3.63, 3.8) is 0 Å². The van der Waals surface area contributed by atoms with Crippen molar-refractivity contribution in [2.24, 2.45) is 40.4 Å². The lowest BCUT2D eigenvalue weighted by atomic mass is 9.60. The first kappa shape index (κ1) is 43.6. The number of aryl methyl sites for hydroxylation is 1. The van der Waals surface area contributed by atoms with E-state index in [-0.39, 0.29) is 56.7 Å². The van der Waals surface area contributed by atoms with Gasteiger partial charge in [-0.15, -0.1) is 0 Å². The highest BCUT2D eigenvalue weighted by Gasteiger charge is 2.86. The van der Waals surface area contributed by atoms with Gasteiger partial charge in [0.25, 0.3) is 0 Å². The molecular formula is C66H75N3O. The number of hydrogen-bond donors (Lipinski definition) is 0. The number of hydrogen-bond acceptors (Lipinski definition) is 4. The fourth-order valence-electron chi connectivity index (χ4n) is 17.8. The van der Waals surface area contributed by atoms with Crippen molar-refractivity contribution >= 4 is 5.69 Å². The van der Waals surface area contributed by atoms with Crippen LogP contribution in [0.1, 0.15) is 136 Å². The Kier molecular flexibility index (Phi) is 8.74. The summed E-state index contributed by atoms with van der Waals surface area (Å²) in [7, 11) is 0. The molecule has 11 atom stereocenters. The second-order valence-corrected chi connectivity index (χ2v) is 26.3. The topological polar surface area (TPSA) is 19.0 Å². The molecule has 0 aromatic heterocycles. The van der Waals surface area contributed by atoms with E-state index in [1.807, 2.05) is 0 Å². The lowest BCUT2D eigenvalue weighted by molar-refractivity contribution is 0.0580. The summed E-state index contributed by atoms with van der Waals surface area (Å²) >= 11 is 0. The van der Waals surface area contributed by atoms with Gasteiger partial charge >= 0.3 is 0 Å². The molecule has 1 saturated carbocycles. The zero-order valence-corrected chi connectivity index (χ0v) is 43.9. The molecule has 6 aliphatic heterocycles. The van der Waals surface area contributed by atoms with E-state index < -0.39 is 0 Å². The van der Waals surface area contributed by atoms with Crippen molar-refractivity contribution in [2.45, 2.75) is 155 Å². The van der Waals surface area contributed by atoms with Gasteiger partial charge in [0.2, 0.25) is 0 Å². The van der Waals surface area contributed by atoms with Crippen LogP contribution in [0.5, 0.6) is 0 Å². The minimum absolute atomic E-state index is 0.0234. The van der Waals surface area contributed by atoms with Gasteiger partial charge in [0.1, 0.15) is 17.3 Å². The molecule has 11 unspecified atom stereocenters. The molecule has 0 N–H and O–H groups in total. The molecule has 3 saturated heterocycles. The quantitative estimate of drug-likeness (QED) is 0.254. The van der Waals surface area contributed by atoms with Crippen LogP contribution in [0.25, 0.3) is 0 Å².